The Bertz CT molecular complexity index is 562. The summed E-state index contributed by atoms with van der Waals surface area (Å²) >= 11 is 6.03. The summed E-state index contributed by atoms with van der Waals surface area (Å²) in [5.41, 5.74) is 2.53. The number of benzene rings is 2. The molecule has 21 heavy (non-hydrogen) atoms. The third-order valence-electron chi connectivity index (χ3n) is 4.03. The minimum atomic E-state index is 0.551. The average molecular weight is 301 g/mol. The predicted molar refractivity (Wildman–Crippen MR) is 89.8 cm³/mol. The predicted octanol–water partition coefficient (Wildman–Crippen LogP) is 4.42. The van der Waals surface area contributed by atoms with E-state index in [1.165, 1.54) is 18.4 Å². The summed E-state index contributed by atoms with van der Waals surface area (Å²) in [6.45, 7) is 3.35. The Kier molecular flexibility index (Phi) is 4.79. The van der Waals surface area contributed by atoms with Crippen molar-refractivity contribution in [1.82, 2.24) is 4.90 Å². The van der Waals surface area contributed by atoms with Crippen molar-refractivity contribution >= 4 is 17.3 Å². The van der Waals surface area contributed by atoms with Crippen LogP contribution in [0.4, 0.5) is 5.69 Å². The molecule has 3 heteroatoms. The van der Waals surface area contributed by atoms with Gasteiger partial charge in [0.25, 0.3) is 0 Å². The van der Waals surface area contributed by atoms with Gasteiger partial charge in [0, 0.05) is 36.4 Å². The molecule has 0 radical (unpaired) electrons. The summed E-state index contributed by atoms with van der Waals surface area (Å²) in [6.07, 6.45) is 2.36. The Morgan fingerprint density at radius 3 is 2.48 bits per heavy atom. The Labute approximate surface area is 131 Å². The van der Waals surface area contributed by atoms with Crippen molar-refractivity contribution in [2.45, 2.75) is 25.4 Å². The first-order valence-corrected chi connectivity index (χ1v) is 7.96. The molecule has 0 atom stereocenters. The molecule has 0 amide bonds. The van der Waals surface area contributed by atoms with Crippen LogP contribution >= 0.6 is 11.6 Å². The molecule has 110 valence electrons. The van der Waals surface area contributed by atoms with E-state index < -0.39 is 0 Å². The van der Waals surface area contributed by atoms with Gasteiger partial charge >= 0.3 is 0 Å². The topological polar surface area (TPSA) is 15.3 Å². The fourth-order valence-corrected chi connectivity index (χ4v) is 3.08. The van der Waals surface area contributed by atoms with Gasteiger partial charge in [-0.3, -0.25) is 4.90 Å². The molecule has 1 fully saturated rings. The van der Waals surface area contributed by atoms with Crippen LogP contribution in [0.25, 0.3) is 0 Å². The van der Waals surface area contributed by atoms with Gasteiger partial charge in [0.05, 0.1) is 0 Å². The van der Waals surface area contributed by atoms with Gasteiger partial charge in [-0.15, -0.1) is 0 Å². The van der Waals surface area contributed by atoms with Crippen molar-refractivity contribution in [3.8, 4) is 0 Å². The van der Waals surface area contributed by atoms with Gasteiger partial charge in [-0.2, -0.15) is 0 Å². The summed E-state index contributed by atoms with van der Waals surface area (Å²) in [5.74, 6) is 0. The van der Waals surface area contributed by atoms with Crippen molar-refractivity contribution in [3.63, 3.8) is 0 Å². The number of hydrogen-bond donors (Lipinski definition) is 1. The maximum atomic E-state index is 6.03. The van der Waals surface area contributed by atoms with Gasteiger partial charge in [-0.05, 0) is 36.6 Å². The van der Waals surface area contributed by atoms with Crippen molar-refractivity contribution in [2.75, 3.05) is 18.4 Å². The molecule has 1 aliphatic heterocycles. The molecular weight excluding hydrogens is 280 g/mol. The van der Waals surface area contributed by atoms with Crippen LogP contribution in [0.1, 0.15) is 18.4 Å². The Balaban J connectivity index is 1.49. The van der Waals surface area contributed by atoms with E-state index in [2.05, 4.69) is 46.6 Å². The first-order valence-electron chi connectivity index (χ1n) is 7.58. The lowest BCUT2D eigenvalue weighted by molar-refractivity contribution is 0.211. The van der Waals surface area contributed by atoms with E-state index in [9.17, 15) is 0 Å². The zero-order valence-electron chi connectivity index (χ0n) is 12.1. The van der Waals surface area contributed by atoms with Crippen LogP contribution in [0.3, 0.4) is 0 Å². The molecule has 0 aromatic heterocycles. The van der Waals surface area contributed by atoms with Crippen molar-refractivity contribution in [1.29, 1.82) is 0 Å². The van der Waals surface area contributed by atoms with E-state index in [1.54, 1.807) is 0 Å². The fourth-order valence-electron chi connectivity index (χ4n) is 2.89. The zero-order valence-corrected chi connectivity index (χ0v) is 12.9. The van der Waals surface area contributed by atoms with E-state index >= 15 is 0 Å². The van der Waals surface area contributed by atoms with Gasteiger partial charge in [-0.1, -0.05) is 48.0 Å². The fraction of sp³-hybridized carbons (Fsp3) is 0.333. The second-order valence-electron chi connectivity index (χ2n) is 5.69. The lowest BCUT2D eigenvalue weighted by atomic mass is 10.0. The molecule has 2 aromatic carbocycles. The van der Waals surface area contributed by atoms with Gasteiger partial charge in [0.15, 0.2) is 0 Å². The first kappa shape index (κ1) is 14.4. The standard InChI is InChI=1S/C18H21ClN2/c19-16-7-4-8-18(13-16)20-17-9-11-21(12-10-17)14-15-5-2-1-3-6-15/h1-8,13,17,20H,9-12,14H2. The third kappa shape index (κ3) is 4.23. The summed E-state index contributed by atoms with van der Waals surface area (Å²) in [4.78, 5) is 2.53. The number of anilines is 1. The van der Waals surface area contributed by atoms with E-state index in [1.807, 2.05) is 18.2 Å². The Hall–Kier alpha value is -1.51. The molecule has 0 spiro atoms. The third-order valence-corrected chi connectivity index (χ3v) is 4.27. The number of hydrogen-bond acceptors (Lipinski definition) is 2. The lowest BCUT2D eigenvalue weighted by Crippen LogP contribution is -2.38. The Morgan fingerprint density at radius 2 is 1.76 bits per heavy atom. The number of halogens is 1. The largest absolute Gasteiger partial charge is 0.382 e. The molecule has 3 rings (SSSR count). The van der Waals surface area contributed by atoms with Gasteiger partial charge in [-0.25, -0.2) is 0 Å². The van der Waals surface area contributed by atoms with Crippen LogP contribution in [0, 0.1) is 0 Å². The van der Waals surface area contributed by atoms with E-state index in [0.29, 0.717) is 6.04 Å². The molecule has 0 bridgehead atoms. The molecule has 0 aliphatic carbocycles. The van der Waals surface area contributed by atoms with Crippen molar-refractivity contribution in [2.24, 2.45) is 0 Å². The molecule has 1 aliphatic rings. The van der Waals surface area contributed by atoms with Crippen molar-refractivity contribution in [3.05, 3.63) is 65.2 Å². The average Bonchev–Trinajstić information content (AvgIpc) is 2.50. The zero-order chi connectivity index (χ0) is 14.5. The number of likely N-dealkylation sites (tertiary alicyclic amines) is 1. The first-order chi connectivity index (χ1) is 10.3. The van der Waals surface area contributed by atoms with Gasteiger partial charge < -0.3 is 5.32 Å². The second kappa shape index (κ2) is 6.97. The highest BCUT2D eigenvalue weighted by Gasteiger charge is 2.18. The minimum Gasteiger partial charge on any atom is -0.382 e. The molecule has 0 saturated carbocycles. The van der Waals surface area contributed by atoms with Crippen LogP contribution in [0.15, 0.2) is 54.6 Å². The molecule has 2 aromatic rings. The maximum Gasteiger partial charge on any atom is 0.0426 e. The monoisotopic (exact) mass is 300 g/mol. The smallest absolute Gasteiger partial charge is 0.0426 e. The quantitative estimate of drug-likeness (QED) is 0.899. The molecule has 1 saturated heterocycles. The molecule has 2 nitrogen and oxygen atoms in total. The second-order valence-corrected chi connectivity index (χ2v) is 6.13. The van der Waals surface area contributed by atoms with Crippen LogP contribution < -0.4 is 5.32 Å². The van der Waals surface area contributed by atoms with Crippen LogP contribution in [0.5, 0.6) is 0 Å². The summed E-state index contributed by atoms with van der Waals surface area (Å²) in [5, 5.41) is 4.39. The van der Waals surface area contributed by atoms with Crippen molar-refractivity contribution < 1.29 is 0 Å². The number of rotatable bonds is 4. The number of nitrogens with zero attached hydrogens (tertiary/aromatic N) is 1. The minimum absolute atomic E-state index is 0.551. The summed E-state index contributed by atoms with van der Waals surface area (Å²) in [6, 6.07) is 19.3. The molecule has 0 unspecified atom stereocenters. The van der Waals surface area contributed by atoms with Gasteiger partial charge in [0.1, 0.15) is 0 Å². The maximum absolute atomic E-state index is 6.03. The SMILES string of the molecule is Clc1cccc(NC2CCN(Cc3ccccc3)CC2)c1. The van der Waals surface area contributed by atoms with Crippen LogP contribution in [-0.4, -0.2) is 24.0 Å². The summed E-state index contributed by atoms with van der Waals surface area (Å²) < 4.78 is 0. The highest BCUT2D eigenvalue weighted by Crippen LogP contribution is 2.20. The lowest BCUT2D eigenvalue weighted by Gasteiger charge is -2.33. The van der Waals surface area contributed by atoms with E-state index in [4.69, 9.17) is 11.6 Å². The van der Waals surface area contributed by atoms with Crippen LogP contribution in [0.2, 0.25) is 5.02 Å². The molecule has 1 heterocycles. The Morgan fingerprint density at radius 1 is 1.00 bits per heavy atom. The summed E-state index contributed by atoms with van der Waals surface area (Å²) in [7, 11) is 0. The van der Waals surface area contributed by atoms with E-state index in [-0.39, 0.29) is 0 Å². The highest BCUT2D eigenvalue weighted by molar-refractivity contribution is 6.30. The van der Waals surface area contributed by atoms with E-state index in [0.717, 1.165) is 30.3 Å². The highest BCUT2D eigenvalue weighted by atomic mass is 35.5. The molecule has 1 N–H and O–H groups in total. The normalized spacial score (nSPS) is 16.8. The number of nitrogens with one attached hydrogen (secondary N) is 1. The molecular formula is C18H21ClN2. The number of piperidine rings is 1. The van der Waals surface area contributed by atoms with Gasteiger partial charge in [0.2, 0.25) is 0 Å². The van der Waals surface area contributed by atoms with Crippen LogP contribution in [-0.2, 0) is 6.54 Å².